The van der Waals surface area contributed by atoms with Gasteiger partial charge in [0.15, 0.2) is 0 Å². The number of amides is 1. The molecule has 0 bridgehead atoms. The van der Waals surface area contributed by atoms with Crippen LogP contribution >= 0.6 is 0 Å². The number of rotatable bonds is 5. The van der Waals surface area contributed by atoms with Crippen LogP contribution in [-0.4, -0.2) is 36.9 Å². The molecule has 4 nitrogen and oxygen atoms in total. The lowest BCUT2D eigenvalue weighted by atomic mass is 10.0. The molecule has 4 heteroatoms. The predicted octanol–water partition coefficient (Wildman–Crippen LogP) is 1.13. The molecule has 1 saturated heterocycles. The summed E-state index contributed by atoms with van der Waals surface area (Å²) in [6.07, 6.45) is 1.82. The largest absolute Gasteiger partial charge is 0.391 e. The fourth-order valence-corrected chi connectivity index (χ4v) is 2.27. The topological polar surface area (TPSA) is 58.6 Å². The maximum absolute atomic E-state index is 11.9. The zero-order chi connectivity index (χ0) is 13.5. The van der Waals surface area contributed by atoms with Gasteiger partial charge >= 0.3 is 0 Å². The molecular formula is C15H21NO3. The summed E-state index contributed by atoms with van der Waals surface area (Å²) in [7, 11) is 0. The average Bonchev–Trinajstić information content (AvgIpc) is 2.47. The van der Waals surface area contributed by atoms with Crippen molar-refractivity contribution < 1.29 is 14.6 Å². The van der Waals surface area contributed by atoms with Crippen molar-refractivity contribution >= 4 is 5.91 Å². The highest BCUT2D eigenvalue weighted by molar-refractivity contribution is 5.78. The second-order valence-corrected chi connectivity index (χ2v) is 5.00. The van der Waals surface area contributed by atoms with Gasteiger partial charge in [0, 0.05) is 19.6 Å². The number of carbonyl (C=O) groups is 1. The van der Waals surface area contributed by atoms with E-state index in [-0.39, 0.29) is 11.8 Å². The van der Waals surface area contributed by atoms with Crippen LogP contribution in [0.1, 0.15) is 18.4 Å². The highest BCUT2D eigenvalue weighted by Gasteiger charge is 2.21. The van der Waals surface area contributed by atoms with E-state index in [4.69, 9.17) is 4.74 Å². The van der Waals surface area contributed by atoms with Gasteiger partial charge in [-0.05, 0) is 18.4 Å². The molecule has 0 radical (unpaired) electrons. The van der Waals surface area contributed by atoms with Crippen molar-refractivity contribution in [3.05, 3.63) is 35.9 Å². The van der Waals surface area contributed by atoms with Crippen LogP contribution in [-0.2, 0) is 16.0 Å². The lowest BCUT2D eigenvalue weighted by Crippen LogP contribution is -2.39. The van der Waals surface area contributed by atoms with E-state index in [9.17, 15) is 9.90 Å². The molecule has 0 saturated carbocycles. The molecule has 2 unspecified atom stereocenters. The number of hydrogen-bond acceptors (Lipinski definition) is 3. The Labute approximate surface area is 113 Å². The summed E-state index contributed by atoms with van der Waals surface area (Å²) < 4.78 is 5.28. The Bertz CT molecular complexity index is 388. The Morgan fingerprint density at radius 1 is 1.42 bits per heavy atom. The van der Waals surface area contributed by atoms with Gasteiger partial charge in [-0.1, -0.05) is 30.3 Å². The molecular weight excluding hydrogens is 242 g/mol. The van der Waals surface area contributed by atoms with Crippen LogP contribution in [0.25, 0.3) is 0 Å². The summed E-state index contributed by atoms with van der Waals surface area (Å²) >= 11 is 0. The maximum atomic E-state index is 11.9. The van der Waals surface area contributed by atoms with E-state index >= 15 is 0 Å². The summed E-state index contributed by atoms with van der Waals surface area (Å²) in [5.41, 5.74) is 1.07. The molecule has 1 aromatic rings. The molecule has 1 aromatic carbocycles. The molecule has 1 fully saturated rings. The van der Waals surface area contributed by atoms with Crippen molar-refractivity contribution in [2.24, 2.45) is 5.92 Å². The molecule has 104 valence electrons. The van der Waals surface area contributed by atoms with Crippen LogP contribution in [0.2, 0.25) is 0 Å². The van der Waals surface area contributed by atoms with E-state index in [1.165, 1.54) is 0 Å². The Kier molecular flexibility index (Phi) is 5.36. The van der Waals surface area contributed by atoms with E-state index in [1.807, 2.05) is 30.3 Å². The van der Waals surface area contributed by atoms with Crippen LogP contribution in [0.5, 0.6) is 0 Å². The standard InChI is InChI=1S/C15H21NO3/c17-14(9-12-5-2-1-3-6-12)10-16-15(18)13-7-4-8-19-11-13/h1-3,5-6,13-14,17H,4,7-11H2,(H,16,18). The Balaban J connectivity index is 1.71. The van der Waals surface area contributed by atoms with Crippen molar-refractivity contribution in [2.45, 2.75) is 25.4 Å². The third-order valence-corrected chi connectivity index (χ3v) is 3.36. The average molecular weight is 263 g/mol. The minimum atomic E-state index is -0.546. The number of ether oxygens (including phenoxy) is 1. The molecule has 2 atom stereocenters. The summed E-state index contributed by atoms with van der Waals surface area (Å²) in [5.74, 6) is -0.0653. The van der Waals surface area contributed by atoms with Crippen molar-refractivity contribution in [1.82, 2.24) is 5.32 Å². The zero-order valence-electron chi connectivity index (χ0n) is 11.0. The minimum Gasteiger partial charge on any atom is -0.391 e. The van der Waals surface area contributed by atoms with Gasteiger partial charge in [-0.25, -0.2) is 0 Å². The number of nitrogens with one attached hydrogen (secondary N) is 1. The fourth-order valence-electron chi connectivity index (χ4n) is 2.27. The highest BCUT2D eigenvalue weighted by atomic mass is 16.5. The first-order chi connectivity index (χ1) is 9.25. The van der Waals surface area contributed by atoms with Crippen LogP contribution in [0.4, 0.5) is 0 Å². The zero-order valence-corrected chi connectivity index (χ0v) is 11.0. The predicted molar refractivity (Wildman–Crippen MR) is 72.7 cm³/mol. The van der Waals surface area contributed by atoms with E-state index in [1.54, 1.807) is 0 Å². The van der Waals surface area contributed by atoms with E-state index < -0.39 is 6.10 Å². The highest BCUT2D eigenvalue weighted by Crippen LogP contribution is 2.13. The van der Waals surface area contributed by atoms with Crippen LogP contribution in [0.15, 0.2) is 30.3 Å². The maximum Gasteiger partial charge on any atom is 0.225 e. The minimum absolute atomic E-state index is 0.00758. The molecule has 0 aliphatic carbocycles. The van der Waals surface area contributed by atoms with E-state index in [2.05, 4.69) is 5.32 Å². The first kappa shape index (κ1) is 14.0. The Morgan fingerprint density at radius 2 is 2.21 bits per heavy atom. The summed E-state index contributed by atoms with van der Waals surface area (Å²) in [5, 5.41) is 12.7. The normalized spacial score (nSPS) is 20.8. The van der Waals surface area contributed by atoms with Gasteiger partial charge in [-0.3, -0.25) is 4.79 Å². The van der Waals surface area contributed by atoms with Crippen LogP contribution in [0, 0.1) is 5.92 Å². The number of aliphatic hydroxyl groups is 1. The number of benzene rings is 1. The molecule has 1 aliphatic heterocycles. The molecule has 1 heterocycles. The number of hydrogen-bond donors (Lipinski definition) is 2. The summed E-state index contributed by atoms with van der Waals surface area (Å²) in [6, 6.07) is 9.78. The Morgan fingerprint density at radius 3 is 2.89 bits per heavy atom. The van der Waals surface area contributed by atoms with Gasteiger partial charge in [0.1, 0.15) is 0 Å². The molecule has 0 aromatic heterocycles. The molecule has 2 rings (SSSR count). The van der Waals surface area contributed by atoms with Crippen molar-refractivity contribution in [3.8, 4) is 0 Å². The lowest BCUT2D eigenvalue weighted by molar-refractivity contribution is -0.129. The molecule has 19 heavy (non-hydrogen) atoms. The van der Waals surface area contributed by atoms with Gasteiger partial charge in [-0.2, -0.15) is 0 Å². The van der Waals surface area contributed by atoms with Crippen molar-refractivity contribution in [1.29, 1.82) is 0 Å². The second-order valence-electron chi connectivity index (χ2n) is 5.00. The second kappa shape index (κ2) is 7.26. The first-order valence-corrected chi connectivity index (χ1v) is 6.83. The molecule has 1 amide bonds. The van der Waals surface area contributed by atoms with Crippen molar-refractivity contribution in [2.75, 3.05) is 19.8 Å². The van der Waals surface area contributed by atoms with Gasteiger partial charge in [-0.15, -0.1) is 0 Å². The summed E-state index contributed by atoms with van der Waals surface area (Å²) in [6.45, 7) is 1.55. The lowest BCUT2D eigenvalue weighted by Gasteiger charge is -2.22. The quantitative estimate of drug-likeness (QED) is 0.837. The first-order valence-electron chi connectivity index (χ1n) is 6.83. The molecule has 0 spiro atoms. The summed E-state index contributed by atoms with van der Waals surface area (Å²) in [4.78, 5) is 11.9. The molecule has 1 aliphatic rings. The number of carbonyl (C=O) groups excluding carboxylic acids is 1. The SMILES string of the molecule is O=C(NCC(O)Cc1ccccc1)C1CCCOC1. The van der Waals surface area contributed by atoms with Crippen LogP contribution in [0.3, 0.4) is 0 Å². The monoisotopic (exact) mass is 263 g/mol. The third kappa shape index (κ3) is 4.65. The van der Waals surface area contributed by atoms with E-state index in [0.29, 0.717) is 19.6 Å². The molecule has 2 N–H and O–H groups in total. The van der Waals surface area contributed by atoms with Gasteiger partial charge in [0.05, 0.1) is 18.6 Å². The number of aliphatic hydroxyl groups excluding tert-OH is 1. The van der Waals surface area contributed by atoms with Crippen molar-refractivity contribution in [3.63, 3.8) is 0 Å². The van der Waals surface area contributed by atoms with E-state index in [0.717, 1.165) is 25.0 Å². The third-order valence-electron chi connectivity index (χ3n) is 3.36. The van der Waals surface area contributed by atoms with Gasteiger partial charge < -0.3 is 15.2 Å². The van der Waals surface area contributed by atoms with Gasteiger partial charge in [0.2, 0.25) is 5.91 Å². The van der Waals surface area contributed by atoms with Crippen LogP contribution < -0.4 is 5.32 Å². The Hall–Kier alpha value is -1.39. The van der Waals surface area contributed by atoms with Gasteiger partial charge in [0.25, 0.3) is 0 Å². The smallest absolute Gasteiger partial charge is 0.225 e. The fraction of sp³-hybridized carbons (Fsp3) is 0.533.